The van der Waals surface area contributed by atoms with E-state index in [9.17, 15) is 9.18 Å². The van der Waals surface area contributed by atoms with Gasteiger partial charge in [0.2, 0.25) is 0 Å². The summed E-state index contributed by atoms with van der Waals surface area (Å²) in [6.07, 6.45) is 7.75. The highest BCUT2D eigenvalue weighted by atomic mass is 19.1. The molecule has 0 bridgehead atoms. The Bertz CT molecular complexity index is 1290. The molecule has 208 valence electrons. The normalized spacial score (nSPS) is 25.8. The van der Waals surface area contributed by atoms with E-state index in [1.165, 1.54) is 10.9 Å². The summed E-state index contributed by atoms with van der Waals surface area (Å²) in [4.78, 5) is 27.3. The second-order valence-corrected chi connectivity index (χ2v) is 10.6. The van der Waals surface area contributed by atoms with Crippen LogP contribution in [0, 0.1) is 12.7 Å². The molecule has 0 radical (unpaired) electrons. The third-order valence-corrected chi connectivity index (χ3v) is 7.65. The molecular weight excluding hydrogens is 501 g/mol. The van der Waals surface area contributed by atoms with E-state index in [4.69, 9.17) is 14.7 Å². The molecule has 1 saturated heterocycles. The molecule has 2 aliphatic rings. The minimum atomic E-state index is -0.912. The van der Waals surface area contributed by atoms with Crippen LogP contribution in [-0.2, 0) is 9.53 Å². The Morgan fingerprint density at radius 3 is 2.64 bits per heavy atom. The molecule has 2 fully saturated rings. The van der Waals surface area contributed by atoms with Crippen molar-refractivity contribution in [3.05, 3.63) is 59.7 Å². The first-order chi connectivity index (χ1) is 18.7. The van der Waals surface area contributed by atoms with E-state index in [2.05, 4.69) is 38.5 Å². The van der Waals surface area contributed by atoms with Gasteiger partial charge < -0.3 is 15.4 Å². The van der Waals surface area contributed by atoms with Gasteiger partial charge in [0.05, 0.1) is 24.6 Å². The highest BCUT2D eigenvalue weighted by Gasteiger charge is 2.43. The predicted molar refractivity (Wildman–Crippen MR) is 143 cm³/mol. The fourth-order valence-electron chi connectivity index (χ4n) is 5.33. The van der Waals surface area contributed by atoms with Crippen molar-refractivity contribution in [2.45, 2.75) is 82.6 Å². The second-order valence-electron chi connectivity index (χ2n) is 10.6. The monoisotopic (exact) mass is 537 g/mol. The van der Waals surface area contributed by atoms with Crippen LogP contribution in [-0.4, -0.2) is 55.6 Å². The summed E-state index contributed by atoms with van der Waals surface area (Å²) in [5, 5.41) is 10.5. The number of anilines is 1. The van der Waals surface area contributed by atoms with Crippen LogP contribution in [0.25, 0.3) is 5.82 Å². The Morgan fingerprint density at radius 1 is 1.23 bits per heavy atom. The average molecular weight is 538 g/mol. The molecule has 4 heterocycles. The molecule has 39 heavy (non-hydrogen) atoms. The van der Waals surface area contributed by atoms with E-state index in [1.54, 1.807) is 19.4 Å². The highest BCUT2D eigenvalue weighted by molar-refractivity contribution is 5.85. The zero-order chi connectivity index (χ0) is 27.6. The summed E-state index contributed by atoms with van der Waals surface area (Å²) in [6, 6.07) is 5.66. The number of carbonyl (C=O) groups is 1. The van der Waals surface area contributed by atoms with E-state index >= 15 is 0 Å². The molecule has 1 aliphatic carbocycles. The molecule has 11 nitrogen and oxygen atoms in total. The van der Waals surface area contributed by atoms with Crippen molar-refractivity contribution in [1.29, 1.82) is 0 Å². The van der Waals surface area contributed by atoms with Crippen molar-refractivity contribution in [3.63, 3.8) is 0 Å². The molecule has 2 unspecified atom stereocenters. The molecule has 0 aromatic carbocycles. The molecule has 1 saturated carbocycles. The molecule has 3 atom stereocenters. The Morgan fingerprint density at radius 2 is 2.03 bits per heavy atom. The largest absolute Gasteiger partial charge is 0.368 e. The number of nitrogens with zero attached hydrogens (tertiary/aromatic N) is 5. The zero-order valence-corrected chi connectivity index (χ0v) is 22.7. The molecule has 4 N–H and O–H groups in total. The SMILES string of the molecule is COC1(C(=O)N[C@@H](C)c2ccc(-n3cc(F)cn3)nc2)CCC(c2nc(C)cc(NC3CC(C)NN3)n2)CC1. The summed E-state index contributed by atoms with van der Waals surface area (Å²) in [5.41, 5.74) is 7.28. The number of hydrogen-bond acceptors (Lipinski definition) is 9. The van der Waals surface area contributed by atoms with Crippen LogP contribution in [0.4, 0.5) is 10.2 Å². The van der Waals surface area contributed by atoms with Gasteiger partial charge in [-0.15, -0.1) is 0 Å². The fourth-order valence-corrected chi connectivity index (χ4v) is 5.33. The van der Waals surface area contributed by atoms with Gasteiger partial charge in [0.15, 0.2) is 11.6 Å². The topological polar surface area (TPSA) is 131 Å². The molecular formula is C27H36FN9O2. The molecule has 5 rings (SSSR count). The van der Waals surface area contributed by atoms with Crippen LogP contribution < -0.4 is 21.5 Å². The number of aryl methyl sites for hydroxylation is 1. The van der Waals surface area contributed by atoms with Crippen molar-refractivity contribution in [2.75, 3.05) is 12.4 Å². The first-order valence-corrected chi connectivity index (χ1v) is 13.4. The number of rotatable bonds is 8. The number of ether oxygens (including phenoxy) is 1. The molecule has 1 amide bonds. The lowest BCUT2D eigenvalue weighted by Gasteiger charge is -2.38. The van der Waals surface area contributed by atoms with Gasteiger partial charge in [-0.05, 0) is 64.5 Å². The van der Waals surface area contributed by atoms with Crippen molar-refractivity contribution in [1.82, 2.24) is 40.9 Å². The van der Waals surface area contributed by atoms with E-state index < -0.39 is 11.4 Å². The van der Waals surface area contributed by atoms with Gasteiger partial charge in [-0.3, -0.25) is 10.2 Å². The summed E-state index contributed by atoms with van der Waals surface area (Å²) in [5.74, 6) is 1.68. The maximum atomic E-state index is 13.4. The molecule has 1 aliphatic heterocycles. The van der Waals surface area contributed by atoms with Crippen LogP contribution in [0.15, 0.2) is 36.8 Å². The van der Waals surface area contributed by atoms with Crippen molar-refractivity contribution < 1.29 is 13.9 Å². The molecule has 0 spiro atoms. The van der Waals surface area contributed by atoms with Crippen molar-refractivity contribution >= 4 is 11.7 Å². The summed E-state index contributed by atoms with van der Waals surface area (Å²) in [6.45, 7) is 6.01. The van der Waals surface area contributed by atoms with E-state index in [1.807, 2.05) is 26.0 Å². The van der Waals surface area contributed by atoms with Gasteiger partial charge in [-0.2, -0.15) is 5.10 Å². The van der Waals surface area contributed by atoms with Gasteiger partial charge in [-0.1, -0.05) is 6.07 Å². The number of hydrazine groups is 1. The lowest BCUT2D eigenvalue weighted by molar-refractivity contribution is -0.148. The third kappa shape index (κ3) is 6.07. The third-order valence-electron chi connectivity index (χ3n) is 7.65. The number of amides is 1. The van der Waals surface area contributed by atoms with E-state index in [0.29, 0.717) is 24.7 Å². The van der Waals surface area contributed by atoms with Gasteiger partial charge in [0.1, 0.15) is 17.2 Å². The smallest absolute Gasteiger partial charge is 0.252 e. The fraction of sp³-hybridized carbons (Fsp3) is 0.519. The summed E-state index contributed by atoms with van der Waals surface area (Å²) < 4.78 is 20.5. The van der Waals surface area contributed by atoms with Crippen LogP contribution in [0.3, 0.4) is 0 Å². The van der Waals surface area contributed by atoms with Crippen LogP contribution in [0.1, 0.15) is 75.0 Å². The van der Waals surface area contributed by atoms with Crippen molar-refractivity contribution in [3.8, 4) is 5.82 Å². The quantitative estimate of drug-likeness (QED) is 0.342. The first kappa shape index (κ1) is 27.1. The maximum absolute atomic E-state index is 13.4. The van der Waals surface area contributed by atoms with Gasteiger partial charge in [0, 0.05) is 37.0 Å². The standard InChI is InChI=1S/C27H36FN9O2/c1-16-11-22(33-23-12-17(2)35-36-23)34-25(31-16)19-7-9-27(39-4,10-8-19)26(38)32-18(3)20-5-6-24(29-13-20)37-15-21(28)14-30-37/h5-6,11,13-15,17-19,23,35-36H,7-10,12H2,1-4H3,(H,32,38)(H,31,33,34)/t17?,18-,19?,23?,27?/m0/s1. The molecule has 3 aromatic rings. The zero-order valence-electron chi connectivity index (χ0n) is 22.7. The minimum Gasteiger partial charge on any atom is -0.368 e. The number of methoxy groups -OCH3 is 1. The van der Waals surface area contributed by atoms with E-state index in [0.717, 1.165) is 48.4 Å². The first-order valence-electron chi connectivity index (χ1n) is 13.4. The summed E-state index contributed by atoms with van der Waals surface area (Å²) >= 11 is 0. The Kier molecular flexibility index (Phi) is 7.87. The molecule has 12 heteroatoms. The van der Waals surface area contributed by atoms with Gasteiger partial charge in [-0.25, -0.2) is 29.4 Å². The Balaban J connectivity index is 1.20. The second kappa shape index (κ2) is 11.3. The van der Waals surface area contributed by atoms with Gasteiger partial charge >= 0.3 is 0 Å². The molecule has 3 aromatic heterocycles. The number of aromatic nitrogens is 5. The summed E-state index contributed by atoms with van der Waals surface area (Å²) in [7, 11) is 1.60. The number of halogens is 1. The highest BCUT2D eigenvalue weighted by Crippen LogP contribution is 2.39. The van der Waals surface area contributed by atoms with E-state index in [-0.39, 0.29) is 24.0 Å². The number of pyridine rings is 1. The number of carbonyl (C=O) groups excluding carboxylic acids is 1. The lowest BCUT2D eigenvalue weighted by Crippen LogP contribution is -2.50. The Labute approximate surface area is 227 Å². The Hall–Kier alpha value is -3.48. The predicted octanol–water partition coefficient (Wildman–Crippen LogP) is 3.05. The number of hydrogen-bond donors (Lipinski definition) is 4. The average Bonchev–Trinajstić information content (AvgIpc) is 3.55. The van der Waals surface area contributed by atoms with Crippen LogP contribution in [0.5, 0.6) is 0 Å². The minimum absolute atomic E-state index is 0.111. The van der Waals surface area contributed by atoms with Crippen molar-refractivity contribution in [2.24, 2.45) is 0 Å². The number of nitrogens with one attached hydrogen (secondary N) is 4. The maximum Gasteiger partial charge on any atom is 0.252 e. The van der Waals surface area contributed by atoms with Gasteiger partial charge in [0.25, 0.3) is 5.91 Å². The van der Waals surface area contributed by atoms with Crippen LogP contribution in [0.2, 0.25) is 0 Å². The lowest BCUT2D eigenvalue weighted by atomic mass is 9.77. The van der Waals surface area contributed by atoms with Crippen LogP contribution >= 0.6 is 0 Å².